The lowest BCUT2D eigenvalue weighted by Crippen LogP contribution is -2.45. The van der Waals surface area contributed by atoms with Gasteiger partial charge in [-0.15, -0.1) is 12.4 Å². The summed E-state index contributed by atoms with van der Waals surface area (Å²) in [6.45, 7) is 8.02. The summed E-state index contributed by atoms with van der Waals surface area (Å²) in [7, 11) is 0. The predicted octanol–water partition coefficient (Wildman–Crippen LogP) is 3.13. The van der Waals surface area contributed by atoms with Crippen molar-refractivity contribution < 1.29 is 9.53 Å². The lowest BCUT2D eigenvalue weighted by Gasteiger charge is -2.19. The molecule has 0 aromatic heterocycles. The molecule has 0 radical (unpaired) electrons. The molecule has 0 unspecified atom stereocenters. The van der Waals surface area contributed by atoms with Gasteiger partial charge in [0.15, 0.2) is 0 Å². The van der Waals surface area contributed by atoms with Crippen LogP contribution in [-0.2, 0) is 0 Å². The summed E-state index contributed by atoms with van der Waals surface area (Å²) in [5, 5.41) is 2.81. The molecule has 0 heterocycles. The van der Waals surface area contributed by atoms with Gasteiger partial charge in [0.1, 0.15) is 5.75 Å². The number of nitrogens with two attached hydrogens (primary N) is 1. The van der Waals surface area contributed by atoms with Gasteiger partial charge >= 0.3 is 0 Å². The van der Waals surface area contributed by atoms with Gasteiger partial charge in [0.25, 0.3) is 5.91 Å². The molecule has 0 fully saturated rings. The topological polar surface area (TPSA) is 64.3 Å². The molecule has 0 aliphatic carbocycles. The average Bonchev–Trinajstić information content (AvgIpc) is 2.23. The van der Waals surface area contributed by atoms with Crippen molar-refractivity contribution >= 4 is 34.2 Å². The van der Waals surface area contributed by atoms with Crippen molar-refractivity contribution in [2.45, 2.75) is 39.3 Å². The number of amides is 1. The minimum atomic E-state index is -0.432. The first-order valence-corrected chi connectivity index (χ1v) is 7.01. The van der Waals surface area contributed by atoms with Crippen molar-refractivity contribution in [2.24, 2.45) is 5.73 Å². The summed E-state index contributed by atoms with van der Waals surface area (Å²) < 4.78 is 6.40. The first kappa shape index (κ1) is 19.2. The smallest absolute Gasteiger partial charge is 0.251 e. The van der Waals surface area contributed by atoms with E-state index in [9.17, 15) is 4.79 Å². The van der Waals surface area contributed by atoms with Gasteiger partial charge in [-0.25, -0.2) is 0 Å². The molecule has 0 bridgehead atoms. The largest absolute Gasteiger partial charge is 0.491 e. The maximum atomic E-state index is 12.0. The number of halogens is 2. The van der Waals surface area contributed by atoms with Crippen molar-refractivity contribution in [3.63, 3.8) is 0 Å². The van der Waals surface area contributed by atoms with Crippen LogP contribution in [0, 0.1) is 0 Å². The number of carbonyl (C=O) groups is 1. The third-order valence-corrected chi connectivity index (χ3v) is 2.67. The fraction of sp³-hybridized carbons (Fsp3) is 0.500. The minimum Gasteiger partial charge on any atom is -0.491 e. The van der Waals surface area contributed by atoms with Crippen molar-refractivity contribution in [2.75, 3.05) is 6.54 Å². The highest BCUT2D eigenvalue weighted by Gasteiger charge is 2.14. The molecule has 20 heavy (non-hydrogen) atoms. The van der Waals surface area contributed by atoms with E-state index in [-0.39, 0.29) is 24.4 Å². The molecule has 114 valence electrons. The fourth-order valence-electron chi connectivity index (χ4n) is 1.44. The number of hydrogen-bond acceptors (Lipinski definition) is 3. The Hall–Kier alpha value is -0.780. The molecule has 1 amide bonds. The number of benzene rings is 1. The summed E-state index contributed by atoms with van der Waals surface area (Å²) >= 11 is 3.38. The van der Waals surface area contributed by atoms with E-state index < -0.39 is 5.54 Å². The molecule has 1 rings (SSSR count). The first-order chi connectivity index (χ1) is 8.67. The van der Waals surface area contributed by atoms with E-state index in [1.807, 2.05) is 33.8 Å². The number of carbonyl (C=O) groups excluding carboxylic acids is 1. The molecule has 0 saturated carbocycles. The van der Waals surface area contributed by atoms with Gasteiger partial charge in [-0.05, 0) is 45.9 Å². The zero-order valence-electron chi connectivity index (χ0n) is 12.2. The number of hydrogen-bond donors (Lipinski definition) is 2. The summed E-state index contributed by atoms with van der Waals surface area (Å²) in [6.07, 6.45) is 0.0631. The normalized spacial score (nSPS) is 10.9. The van der Waals surface area contributed by atoms with Crippen LogP contribution in [0.1, 0.15) is 38.1 Å². The molecule has 1 aromatic carbocycles. The molecule has 0 aliphatic rings. The maximum Gasteiger partial charge on any atom is 0.251 e. The summed E-state index contributed by atoms with van der Waals surface area (Å²) in [5.74, 6) is 0.509. The van der Waals surface area contributed by atoms with Crippen LogP contribution in [0.2, 0.25) is 0 Å². The Kier molecular flexibility index (Phi) is 7.55. The average molecular weight is 366 g/mol. The second kappa shape index (κ2) is 7.86. The highest BCUT2D eigenvalue weighted by atomic mass is 79.9. The number of ether oxygens (including phenoxy) is 1. The van der Waals surface area contributed by atoms with Crippen LogP contribution >= 0.6 is 28.3 Å². The molecular formula is C14H22BrClN2O2. The van der Waals surface area contributed by atoms with Crippen LogP contribution in [0.15, 0.2) is 22.7 Å². The van der Waals surface area contributed by atoms with E-state index >= 15 is 0 Å². The molecule has 0 saturated heterocycles. The quantitative estimate of drug-likeness (QED) is 0.842. The Morgan fingerprint density at radius 3 is 2.50 bits per heavy atom. The molecule has 0 aliphatic heterocycles. The van der Waals surface area contributed by atoms with E-state index in [4.69, 9.17) is 10.5 Å². The van der Waals surface area contributed by atoms with Gasteiger partial charge in [-0.3, -0.25) is 4.79 Å². The third-order valence-electron chi connectivity index (χ3n) is 2.21. The molecule has 0 spiro atoms. The second-order valence-corrected chi connectivity index (χ2v) is 6.43. The molecule has 0 atom stereocenters. The van der Waals surface area contributed by atoms with E-state index in [1.165, 1.54) is 0 Å². The Morgan fingerprint density at radius 2 is 2.00 bits per heavy atom. The monoisotopic (exact) mass is 364 g/mol. The van der Waals surface area contributed by atoms with Crippen molar-refractivity contribution in [1.82, 2.24) is 5.32 Å². The number of nitrogens with one attached hydrogen (secondary N) is 1. The van der Waals surface area contributed by atoms with Crippen LogP contribution < -0.4 is 15.8 Å². The number of rotatable bonds is 5. The van der Waals surface area contributed by atoms with Crippen LogP contribution in [0.5, 0.6) is 5.75 Å². The highest BCUT2D eigenvalue weighted by molar-refractivity contribution is 9.10. The van der Waals surface area contributed by atoms with Gasteiger partial charge in [0, 0.05) is 22.1 Å². The Morgan fingerprint density at radius 1 is 1.40 bits per heavy atom. The first-order valence-electron chi connectivity index (χ1n) is 6.22. The summed E-state index contributed by atoms with van der Waals surface area (Å²) in [6, 6.07) is 5.32. The standard InChI is InChI=1S/C14H21BrN2O2.ClH/c1-9(2)19-12-6-10(5-11(15)7-12)13(18)17-8-14(3,4)16;/h5-7,9H,8,16H2,1-4H3,(H,17,18);1H. The zero-order chi connectivity index (χ0) is 14.6. The van der Waals surface area contributed by atoms with Crippen LogP contribution in [-0.4, -0.2) is 24.1 Å². The molecule has 1 aromatic rings. The lowest BCUT2D eigenvalue weighted by molar-refractivity contribution is 0.0945. The molecule has 6 heteroatoms. The highest BCUT2D eigenvalue weighted by Crippen LogP contribution is 2.22. The van der Waals surface area contributed by atoms with Gasteiger partial charge < -0.3 is 15.8 Å². The van der Waals surface area contributed by atoms with Crippen LogP contribution in [0.4, 0.5) is 0 Å². The van der Waals surface area contributed by atoms with Gasteiger partial charge in [0.05, 0.1) is 6.10 Å². The predicted molar refractivity (Wildman–Crippen MR) is 87.8 cm³/mol. The second-order valence-electron chi connectivity index (χ2n) is 5.51. The van der Waals surface area contributed by atoms with Gasteiger partial charge in [0.2, 0.25) is 0 Å². The lowest BCUT2D eigenvalue weighted by atomic mass is 10.1. The molecular weight excluding hydrogens is 344 g/mol. The van der Waals surface area contributed by atoms with Crippen molar-refractivity contribution in [3.8, 4) is 5.75 Å². The van der Waals surface area contributed by atoms with Crippen molar-refractivity contribution in [3.05, 3.63) is 28.2 Å². The Labute approximate surface area is 135 Å². The third kappa shape index (κ3) is 7.12. The Bertz CT molecular complexity index is 459. The van der Waals surface area contributed by atoms with Crippen LogP contribution in [0.25, 0.3) is 0 Å². The summed E-state index contributed by atoms with van der Waals surface area (Å²) in [5.41, 5.74) is 5.96. The van der Waals surface area contributed by atoms with Gasteiger partial charge in [-0.2, -0.15) is 0 Å². The zero-order valence-corrected chi connectivity index (χ0v) is 14.6. The van der Waals surface area contributed by atoms with E-state index in [0.29, 0.717) is 17.9 Å². The summed E-state index contributed by atoms with van der Waals surface area (Å²) in [4.78, 5) is 12.0. The fourth-order valence-corrected chi connectivity index (χ4v) is 1.92. The molecule has 3 N–H and O–H groups in total. The van der Waals surface area contributed by atoms with Crippen LogP contribution in [0.3, 0.4) is 0 Å². The molecule has 4 nitrogen and oxygen atoms in total. The SMILES string of the molecule is CC(C)Oc1cc(Br)cc(C(=O)NCC(C)(C)N)c1.Cl. The van der Waals surface area contributed by atoms with Crippen molar-refractivity contribution in [1.29, 1.82) is 0 Å². The van der Waals surface area contributed by atoms with Gasteiger partial charge in [-0.1, -0.05) is 15.9 Å². The maximum absolute atomic E-state index is 12.0. The van der Waals surface area contributed by atoms with E-state index in [1.54, 1.807) is 12.1 Å². The minimum absolute atomic E-state index is 0. The Balaban J connectivity index is 0.00000361. The van der Waals surface area contributed by atoms with E-state index in [0.717, 1.165) is 4.47 Å². The van der Waals surface area contributed by atoms with E-state index in [2.05, 4.69) is 21.2 Å².